The number of hydrogen-bond acceptors (Lipinski definition) is 3. The van der Waals surface area contributed by atoms with E-state index in [0.717, 1.165) is 5.69 Å². The van der Waals surface area contributed by atoms with Crippen LogP contribution in [0.5, 0.6) is 0 Å². The van der Waals surface area contributed by atoms with Crippen LogP contribution in [0.3, 0.4) is 0 Å². The van der Waals surface area contributed by atoms with Gasteiger partial charge in [0.25, 0.3) is 0 Å². The lowest BCUT2D eigenvalue weighted by atomic mass is 10.2. The molecular formula is C15H11BrFN3O. The lowest BCUT2D eigenvalue weighted by Gasteiger charge is -2.10. The average molecular weight is 348 g/mol. The maximum absolute atomic E-state index is 14.2. The molecule has 0 atom stereocenters. The van der Waals surface area contributed by atoms with E-state index in [9.17, 15) is 9.50 Å². The van der Waals surface area contributed by atoms with Gasteiger partial charge in [0.15, 0.2) is 11.6 Å². The highest BCUT2D eigenvalue weighted by atomic mass is 79.9. The highest BCUT2D eigenvalue weighted by molar-refractivity contribution is 9.10. The van der Waals surface area contributed by atoms with Gasteiger partial charge in [0.1, 0.15) is 12.4 Å². The van der Waals surface area contributed by atoms with Crippen LogP contribution in [-0.4, -0.2) is 19.9 Å². The van der Waals surface area contributed by atoms with E-state index in [2.05, 4.69) is 26.1 Å². The third-order valence-corrected chi connectivity index (χ3v) is 3.55. The monoisotopic (exact) mass is 347 g/mol. The Morgan fingerprint density at radius 3 is 2.52 bits per heavy atom. The molecule has 0 saturated carbocycles. The lowest BCUT2D eigenvalue weighted by Crippen LogP contribution is -2.03. The first-order valence-electron chi connectivity index (χ1n) is 6.26. The van der Waals surface area contributed by atoms with E-state index in [0.29, 0.717) is 21.7 Å². The summed E-state index contributed by atoms with van der Waals surface area (Å²) in [4.78, 5) is 0. The molecule has 106 valence electrons. The maximum atomic E-state index is 14.2. The minimum absolute atomic E-state index is 0.278. The van der Waals surface area contributed by atoms with Crippen molar-refractivity contribution < 1.29 is 9.50 Å². The number of nitrogens with zero attached hydrogens (tertiary/aromatic N) is 3. The van der Waals surface area contributed by atoms with Crippen molar-refractivity contribution in [3.05, 3.63) is 64.6 Å². The third kappa shape index (κ3) is 2.59. The van der Waals surface area contributed by atoms with Gasteiger partial charge in [-0.3, -0.25) is 4.57 Å². The van der Waals surface area contributed by atoms with Crippen LogP contribution in [0.15, 0.2) is 53.0 Å². The van der Waals surface area contributed by atoms with Gasteiger partial charge < -0.3 is 5.11 Å². The first-order valence-corrected chi connectivity index (χ1v) is 7.06. The van der Waals surface area contributed by atoms with Gasteiger partial charge in [0, 0.05) is 10.2 Å². The van der Waals surface area contributed by atoms with E-state index in [-0.39, 0.29) is 6.61 Å². The zero-order valence-corrected chi connectivity index (χ0v) is 12.5. The van der Waals surface area contributed by atoms with Crippen LogP contribution < -0.4 is 0 Å². The molecule has 1 N–H and O–H groups in total. The predicted octanol–water partition coefficient (Wildman–Crippen LogP) is 3.33. The third-order valence-electron chi connectivity index (χ3n) is 3.06. The highest BCUT2D eigenvalue weighted by Crippen LogP contribution is 2.27. The molecule has 0 radical (unpaired) electrons. The minimum Gasteiger partial charge on any atom is -0.388 e. The summed E-state index contributed by atoms with van der Waals surface area (Å²) < 4.78 is 16.5. The largest absolute Gasteiger partial charge is 0.388 e. The zero-order valence-electron chi connectivity index (χ0n) is 10.9. The number of benzene rings is 2. The number of halogens is 2. The van der Waals surface area contributed by atoms with Gasteiger partial charge in [-0.1, -0.05) is 34.1 Å². The summed E-state index contributed by atoms with van der Waals surface area (Å²) in [5.41, 5.74) is 1.10. The van der Waals surface area contributed by atoms with E-state index >= 15 is 0 Å². The molecular weight excluding hydrogens is 337 g/mol. The summed E-state index contributed by atoms with van der Waals surface area (Å²) in [7, 11) is 0. The van der Waals surface area contributed by atoms with Gasteiger partial charge in [0.2, 0.25) is 0 Å². The molecule has 21 heavy (non-hydrogen) atoms. The van der Waals surface area contributed by atoms with E-state index < -0.39 is 5.82 Å². The van der Waals surface area contributed by atoms with Crippen LogP contribution in [0.4, 0.5) is 4.39 Å². The van der Waals surface area contributed by atoms with Gasteiger partial charge in [-0.15, -0.1) is 10.2 Å². The molecule has 3 aromatic rings. The number of para-hydroxylation sites is 1. The van der Waals surface area contributed by atoms with Gasteiger partial charge in [-0.05, 0) is 30.3 Å². The quantitative estimate of drug-likeness (QED) is 0.790. The van der Waals surface area contributed by atoms with Crippen molar-refractivity contribution in [2.45, 2.75) is 6.61 Å². The van der Waals surface area contributed by atoms with Crippen molar-refractivity contribution >= 4 is 15.9 Å². The van der Waals surface area contributed by atoms with Crippen LogP contribution in [-0.2, 0) is 6.61 Å². The molecule has 1 aromatic heterocycles. The Kier molecular flexibility index (Phi) is 3.81. The normalized spacial score (nSPS) is 10.8. The SMILES string of the molecule is OCc1nnc(-c2ccc(Br)cc2F)n1-c1ccccc1. The Bertz CT molecular complexity index is 774. The molecule has 2 aromatic carbocycles. The molecule has 0 spiro atoms. The first kappa shape index (κ1) is 13.9. The van der Waals surface area contributed by atoms with Crippen LogP contribution in [0, 0.1) is 5.82 Å². The second kappa shape index (κ2) is 5.75. The molecule has 0 bridgehead atoms. The number of rotatable bonds is 3. The fourth-order valence-electron chi connectivity index (χ4n) is 2.11. The molecule has 4 nitrogen and oxygen atoms in total. The Morgan fingerprint density at radius 2 is 1.86 bits per heavy atom. The standard InChI is InChI=1S/C15H11BrFN3O/c16-10-6-7-12(13(17)8-10)15-19-18-14(9-21)20(15)11-4-2-1-3-5-11/h1-8,21H,9H2. The molecule has 0 amide bonds. The van der Waals surface area contributed by atoms with Gasteiger partial charge in [-0.25, -0.2) is 4.39 Å². The molecule has 0 aliphatic heterocycles. The van der Waals surface area contributed by atoms with Crippen molar-refractivity contribution in [3.63, 3.8) is 0 Å². The van der Waals surface area contributed by atoms with Crippen molar-refractivity contribution in [1.82, 2.24) is 14.8 Å². The predicted molar refractivity (Wildman–Crippen MR) is 80.4 cm³/mol. The van der Waals surface area contributed by atoms with Gasteiger partial charge in [-0.2, -0.15) is 0 Å². The second-order valence-corrected chi connectivity index (χ2v) is 5.31. The average Bonchev–Trinajstić information content (AvgIpc) is 2.92. The van der Waals surface area contributed by atoms with E-state index in [1.807, 2.05) is 30.3 Å². The van der Waals surface area contributed by atoms with E-state index in [1.54, 1.807) is 16.7 Å². The summed E-state index contributed by atoms with van der Waals surface area (Å²) in [6.45, 7) is -0.278. The number of aliphatic hydroxyl groups is 1. The summed E-state index contributed by atoms with van der Waals surface area (Å²) in [5.74, 6) is 0.312. The highest BCUT2D eigenvalue weighted by Gasteiger charge is 2.17. The molecule has 0 fully saturated rings. The fourth-order valence-corrected chi connectivity index (χ4v) is 2.45. The topological polar surface area (TPSA) is 50.9 Å². The van der Waals surface area contributed by atoms with Gasteiger partial charge in [0.05, 0.1) is 5.56 Å². The van der Waals surface area contributed by atoms with Crippen molar-refractivity contribution in [3.8, 4) is 17.1 Å². The van der Waals surface area contributed by atoms with Crippen LogP contribution >= 0.6 is 15.9 Å². The van der Waals surface area contributed by atoms with Crippen molar-refractivity contribution in [1.29, 1.82) is 0 Å². The Balaban J connectivity index is 2.22. The molecule has 0 unspecified atom stereocenters. The number of aromatic nitrogens is 3. The van der Waals surface area contributed by atoms with Crippen LogP contribution in [0.2, 0.25) is 0 Å². The molecule has 0 saturated heterocycles. The first-order chi connectivity index (χ1) is 10.2. The Morgan fingerprint density at radius 1 is 1.10 bits per heavy atom. The number of hydrogen-bond donors (Lipinski definition) is 1. The Labute approximate surface area is 129 Å². The molecule has 0 aliphatic rings. The molecule has 6 heteroatoms. The zero-order chi connectivity index (χ0) is 14.8. The van der Waals surface area contributed by atoms with E-state index in [1.165, 1.54) is 6.07 Å². The fraction of sp³-hybridized carbons (Fsp3) is 0.0667. The number of aliphatic hydroxyl groups excluding tert-OH is 1. The van der Waals surface area contributed by atoms with Crippen LogP contribution in [0.25, 0.3) is 17.1 Å². The summed E-state index contributed by atoms with van der Waals surface area (Å²) in [6.07, 6.45) is 0. The maximum Gasteiger partial charge on any atom is 0.171 e. The van der Waals surface area contributed by atoms with Gasteiger partial charge >= 0.3 is 0 Å². The summed E-state index contributed by atoms with van der Waals surface area (Å²) >= 11 is 3.23. The van der Waals surface area contributed by atoms with Crippen molar-refractivity contribution in [2.75, 3.05) is 0 Å². The summed E-state index contributed by atoms with van der Waals surface area (Å²) in [6, 6.07) is 14.0. The van der Waals surface area contributed by atoms with Crippen LogP contribution in [0.1, 0.15) is 5.82 Å². The summed E-state index contributed by atoms with van der Waals surface area (Å²) in [5, 5.41) is 17.4. The van der Waals surface area contributed by atoms with Crippen molar-refractivity contribution in [2.24, 2.45) is 0 Å². The minimum atomic E-state index is -0.404. The smallest absolute Gasteiger partial charge is 0.171 e. The lowest BCUT2D eigenvalue weighted by molar-refractivity contribution is 0.269. The molecule has 0 aliphatic carbocycles. The second-order valence-electron chi connectivity index (χ2n) is 4.39. The van der Waals surface area contributed by atoms with E-state index in [4.69, 9.17) is 0 Å². The molecule has 1 heterocycles. The molecule has 3 rings (SSSR count). The Hall–Kier alpha value is -2.05.